The Morgan fingerprint density at radius 1 is 1.08 bits per heavy atom. The quantitative estimate of drug-likeness (QED) is 0.178. The van der Waals surface area contributed by atoms with E-state index in [0.717, 1.165) is 10.3 Å². The minimum atomic E-state index is -0.904. The molecule has 0 aliphatic carbocycles. The number of rotatable bonds is 6. The lowest BCUT2D eigenvalue weighted by atomic mass is 9.93. The Morgan fingerprint density at radius 3 is 2.43 bits per heavy atom. The van der Waals surface area contributed by atoms with Gasteiger partial charge in [0.25, 0.3) is 5.78 Å². The second kappa shape index (κ2) is 9.78. The Hall–Kier alpha value is -4.04. The number of benzene rings is 3. The first-order valence-electron chi connectivity index (χ1n) is 12.0. The van der Waals surface area contributed by atoms with Crippen LogP contribution in [0, 0.1) is 5.82 Å². The number of carbonyl (C=O) groups is 2. The number of thiazole rings is 1. The van der Waals surface area contributed by atoms with E-state index in [1.165, 1.54) is 40.5 Å². The molecule has 1 amide bonds. The molecule has 6 nitrogen and oxygen atoms in total. The number of aromatic nitrogens is 1. The molecule has 0 radical (unpaired) electrons. The molecular formula is C29H25FN2O4S. The molecule has 3 aromatic carbocycles. The summed E-state index contributed by atoms with van der Waals surface area (Å²) in [6.07, 6.45) is 0. The number of hydrogen-bond acceptors (Lipinski definition) is 6. The third-order valence-corrected chi connectivity index (χ3v) is 7.36. The maximum Gasteiger partial charge on any atom is 0.301 e. The first-order valence-corrected chi connectivity index (χ1v) is 12.8. The van der Waals surface area contributed by atoms with Gasteiger partial charge in [-0.2, -0.15) is 0 Å². The van der Waals surface area contributed by atoms with Crippen LogP contribution in [0.5, 0.6) is 5.75 Å². The summed E-state index contributed by atoms with van der Waals surface area (Å²) >= 11 is 1.27. The van der Waals surface area contributed by atoms with Crippen LogP contribution < -0.4 is 9.64 Å². The fourth-order valence-electron chi connectivity index (χ4n) is 4.42. The molecule has 8 heteroatoms. The molecule has 0 saturated carbocycles. The van der Waals surface area contributed by atoms with Crippen molar-refractivity contribution in [2.75, 3.05) is 11.5 Å². The highest BCUT2D eigenvalue weighted by atomic mass is 32.1. The Bertz CT molecular complexity index is 1520. The maximum absolute atomic E-state index is 13.5. The number of anilines is 1. The third-order valence-electron chi connectivity index (χ3n) is 6.35. The van der Waals surface area contributed by atoms with Crippen LogP contribution in [-0.2, 0) is 9.59 Å². The standard InChI is InChI=1S/C29H25FN2O4S/c1-4-36-21-13-14-22-23(15-21)37-29(31-22)32-25(18-7-5-17(6-8-18)16(2)3)24(27(34)28(32)35)26(33)19-9-11-20(30)12-10-19/h5-16,25,33H,4H2,1-3H3/t25-/m1/s1. The van der Waals surface area contributed by atoms with E-state index in [9.17, 15) is 19.1 Å². The summed E-state index contributed by atoms with van der Waals surface area (Å²) in [6.45, 7) is 6.56. The molecule has 1 atom stereocenters. The van der Waals surface area contributed by atoms with Gasteiger partial charge >= 0.3 is 5.91 Å². The minimum absolute atomic E-state index is 0.0665. The van der Waals surface area contributed by atoms with Gasteiger partial charge in [0.15, 0.2) is 5.13 Å². The van der Waals surface area contributed by atoms with Crippen molar-refractivity contribution in [1.82, 2.24) is 4.98 Å². The number of carbonyl (C=O) groups excluding carboxylic acids is 2. The summed E-state index contributed by atoms with van der Waals surface area (Å²) in [7, 11) is 0. The number of Topliss-reactive ketones (excluding diaryl/α,β-unsaturated/α-hetero) is 1. The Morgan fingerprint density at radius 2 is 1.78 bits per heavy atom. The van der Waals surface area contributed by atoms with E-state index in [1.807, 2.05) is 43.3 Å². The molecule has 1 fully saturated rings. The first kappa shape index (κ1) is 24.6. The minimum Gasteiger partial charge on any atom is -0.507 e. The van der Waals surface area contributed by atoms with Gasteiger partial charge in [-0.05, 0) is 66.4 Å². The van der Waals surface area contributed by atoms with E-state index in [4.69, 9.17) is 4.74 Å². The van der Waals surface area contributed by atoms with E-state index < -0.39 is 23.5 Å². The van der Waals surface area contributed by atoms with E-state index in [1.54, 1.807) is 6.07 Å². The van der Waals surface area contributed by atoms with E-state index >= 15 is 0 Å². The molecule has 1 aliphatic rings. The van der Waals surface area contributed by atoms with E-state index in [-0.39, 0.29) is 16.9 Å². The van der Waals surface area contributed by atoms with Gasteiger partial charge < -0.3 is 9.84 Å². The number of fused-ring (bicyclic) bond motifs is 1. The zero-order chi connectivity index (χ0) is 26.3. The number of aliphatic hydroxyl groups is 1. The number of ketones is 1. The Labute approximate surface area is 217 Å². The summed E-state index contributed by atoms with van der Waals surface area (Å²) in [6, 6.07) is 17.3. The van der Waals surface area contributed by atoms with Gasteiger partial charge in [-0.15, -0.1) is 0 Å². The van der Waals surface area contributed by atoms with Crippen LogP contribution >= 0.6 is 11.3 Å². The van der Waals surface area contributed by atoms with Gasteiger partial charge in [0.05, 0.1) is 28.4 Å². The molecule has 5 rings (SSSR count). The molecule has 0 spiro atoms. The number of ether oxygens (including phenoxy) is 1. The molecule has 1 N–H and O–H groups in total. The van der Waals surface area contributed by atoms with Gasteiger partial charge in [0.2, 0.25) is 0 Å². The third kappa shape index (κ3) is 4.49. The fraction of sp³-hybridized carbons (Fsp3) is 0.207. The average Bonchev–Trinajstić information content (AvgIpc) is 3.42. The van der Waals surface area contributed by atoms with Crippen molar-refractivity contribution < 1.29 is 23.8 Å². The van der Waals surface area contributed by atoms with Crippen LogP contribution in [0.1, 0.15) is 49.4 Å². The molecule has 1 saturated heterocycles. The van der Waals surface area contributed by atoms with Crippen LogP contribution in [-0.4, -0.2) is 28.4 Å². The molecule has 1 aliphatic heterocycles. The van der Waals surface area contributed by atoms with Gasteiger partial charge in [-0.3, -0.25) is 14.5 Å². The number of aliphatic hydroxyl groups excluding tert-OH is 1. The second-order valence-electron chi connectivity index (χ2n) is 9.06. The van der Waals surface area contributed by atoms with Crippen molar-refractivity contribution in [3.8, 4) is 5.75 Å². The molecule has 37 heavy (non-hydrogen) atoms. The molecule has 0 unspecified atom stereocenters. The predicted octanol–water partition coefficient (Wildman–Crippen LogP) is 6.58. The summed E-state index contributed by atoms with van der Waals surface area (Å²) in [4.78, 5) is 32.8. The molecule has 188 valence electrons. The first-order chi connectivity index (χ1) is 17.8. The van der Waals surface area contributed by atoms with E-state index in [0.29, 0.717) is 34.5 Å². The predicted molar refractivity (Wildman–Crippen MR) is 143 cm³/mol. The van der Waals surface area contributed by atoms with Gasteiger partial charge in [-0.1, -0.05) is 49.4 Å². The van der Waals surface area contributed by atoms with Crippen molar-refractivity contribution in [2.24, 2.45) is 0 Å². The van der Waals surface area contributed by atoms with Crippen LogP contribution in [0.2, 0.25) is 0 Å². The van der Waals surface area contributed by atoms with Crippen molar-refractivity contribution >= 4 is 44.1 Å². The van der Waals surface area contributed by atoms with Crippen molar-refractivity contribution in [2.45, 2.75) is 32.7 Å². The lowest BCUT2D eigenvalue weighted by Crippen LogP contribution is -2.29. The molecule has 1 aromatic heterocycles. The van der Waals surface area contributed by atoms with Crippen LogP contribution in [0.15, 0.2) is 72.3 Å². The van der Waals surface area contributed by atoms with Gasteiger partial charge in [-0.25, -0.2) is 9.37 Å². The fourth-order valence-corrected chi connectivity index (χ4v) is 5.44. The summed E-state index contributed by atoms with van der Waals surface area (Å²) in [5.74, 6) is -1.47. The van der Waals surface area contributed by atoms with Crippen LogP contribution in [0.4, 0.5) is 9.52 Å². The van der Waals surface area contributed by atoms with E-state index in [2.05, 4.69) is 18.8 Å². The number of nitrogens with zero attached hydrogens (tertiary/aromatic N) is 2. The maximum atomic E-state index is 13.5. The normalized spacial score (nSPS) is 17.2. The lowest BCUT2D eigenvalue weighted by Gasteiger charge is -2.23. The number of amides is 1. The Kier molecular flexibility index (Phi) is 6.52. The van der Waals surface area contributed by atoms with Crippen LogP contribution in [0.3, 0.4) is 0 Å². The van der Waals surface area contributed by atoms with Crippen LogP contribution in [0.25, 0.3) is 16.0 Å². The van der Waals surface area contributed by atoms with Gasteiger partial charge in [0, 0.05) is 5.56 Å². The highest BCUT2D eigenvalue weighted by molar-refractivity contribution is 7.22. The van der Waals surface area contributed by atoms with Crippen molar-refractivity contribution in [1.29, 1.82) is 0 Å². The zero-order valence-corrected chi connectivity index (χ0v) is 21.4. The summed E-state index contributed by atoms with van der Waals surface area (Å²) < 4.78 is 19.9. The lowest BCUT2D eigenvalue weighted by molar-refractivity contribution is -0.132. The second-order valence-corrected chi connectivity index (χ2v) is 10.1. The number of hydrogen-bond donors (Lipinski definition) is 1. The monoisotopic (exact) mass is 516 g/mol. The molecular weight excluding hydrogens is 491 g/mol. The van der Waals surface area contributed by atoms with Crippen molar-refractivity contribution in [3.63, 3.8) is 0 Å². The largest absolute Gasteiger partial charge is 0.507 e. The topological polar surface area (TPSA) is 79.7 Å². The SMILES string of the molecule is CCOc1ccc2nc(N3C(=O)C(=O)C(=C(O)c4ccc(F)cc4)[C@H]3c3ccc(C(C)C)cc3)sc2c1. The summed E-state index contributed by atoms with van der Waals surface area (Å²) in [5.41, 5.74) is 2.60. The highest BCUT2D eigenvalue weighted by Crippen LogP contribution is 2.44. The number of halogens is 1. The average molecular weight is 517 g/mol. The van der Waals surface area contributed by atoms with Crippen molar-refractivity contribution in [3.05, 3.63) is 94.8 Å². The smallest absolute Gasteiger partial charge is 0.301 e. The highest BCUT2D eigenvalue weighted by Gasteiger charge is 2.48. The van der Waals surface area contributed by atoms with Gasteiger partial charge in [0.1, 0.15) is 17.3 Å². The zero-order valence-electron chi connectivity index (χ0n) is 20.6. The molecule has 2 heterocycles. The molecule has 4 aromatic rings. The Balaban J connectivity index is 1.68. The summed E-state index contributed by atoms with van der Waals surface area (Å²) in [5, 5.41) is 11.5. The molecule has 0 bridgehead atoms.